The number of aromatic hydroxyl groups is 1. The van der Waals surface area contributed by atoms with E-state index in [1.165, 1.54) is 62.5 Å². The van der Waals surface area contributed by atoms with Gasteiger partial charge in [-0.3, -0.25) is 57.7 Å². The number of halogens is 1. The van der Waals surface area contributed by atoms with Crippen molar-refractivity contribution in [2.75, 3.05) is 32.1 Å². The molecule has 1 saturated heterocycles. The molecule has 16 N–H and O–H groups in total. The van der Waals surface area contributed by atoms with Gasteiger partial charge in [0.05, 0.1) is 36.6 Å². The van der Waals surface area contributed by atoms with Crippen molar-refractivity contribution in [2.24, 2.45) is 23.1 Å². The maximum Gasteiger partial charge on any atom is 0.247 e. The molecular formula is C70H93ClN14O13. The van der Waals surface area contributed by atoms with Gasteiger partial charge in [-0.1, -0.05) is 106 Å². The Labute approximate surface area is 575 Å². The van der Waals surface area contributed by atoms with E-state index in [-0.39, 0.29) is 62.9 Å². The first-order valence-electron chi connectivity index (χ1n) is 32.7. The van der Waals surface area contributed by atoms with Gasteiger partial charge in [0.2, 0.25) is 59.1 Å². The third-order valence-corrected chi connectivity index (χ3v) is 17.4. The largest absolute Gasteiger partial charge is 0.508 e. The lowest BCUT2D eigenvalue weighted by Gasteiger charge is -2.38. The molecule has 0 aliphatic carbocycles. The molecule has 5 aromatic rings. The number of phenols is 1. The number of aliphatic hydroxyl groups is 1. The van der Waals surface area contributed by atoms with Crippen LogP contribution in [0.4, 0.5) is 5.69 Å². The van der Waals surface area contributed by atoms with Crippen molar-refractivity contribution in [3.63, 3.8) is 0 Å². The number of aromatic nitrogens is 1. The lowest BCUT2D eigenvalue weighted by molar-refractivity contribution is -0.144. The zero-order valence-corrected chi connectivity index (χ0v) is 57.3. The number of ketones is 1. The molecule has 1 fully saturated rings. The summed E-state index contributed by atoms with van der Waals surface area (Å²) in [7, 11) is 1.19. The Kier molecular flexibility index (Phi) is 28.7. The van der Waals surface area contributed by atoms with E-state index in [1.807, 2.05) is 50.2 Å². The highest BCUT2D eigenvalue weighted by Crippen LogP contribution is 2.34. The molecule has 0 saturated carbocycles. The maximum atomic E-state index is 16.2. The van der Waals surface area contributed by atoms with Crippen molar-refractivity contribution in [2.45, 2.75) is 172 Å². The molecule has 98 heavy (non-hydrogen) atoms. The second-order valence-electron chi connectivity index (χ2n) is 25.7. The summed E-state index contributed by atoms with van der Waals surface area (Å²) in [4.78, 5) is 162. The lowest BCUT2D eigenvalue weighted by Crippen LogP contribution is -2.61. The van der Waals surface area contributed by atoms with E-state index >= 15 is 9.59 Å². The molecule has 0 bridgehead atoms. The number of pyridine rings is 1. The molecule has 1 aliphatic rings. The highest BCUT2D eigenvalue weighted by atomic mass is 35.5. The third kappa shape index (κ3) is 21.5. The van der Waals surface area contributed by atoms with Crippen molar-refractivity contribution in [3.8, 4) is 5.75 Å². The monoisotopic (exact) mass is 1370 g/mol. The summed E-state index contributed by atoms with van der Waals surface area (Å²) < 4.78 is 0. The minimum absolute atomic E-state index is 0.0610. The Hall–Kier alpha value is -9.41. The highest BCUT2D eigenvalue weighted by molar-refractivity contribution is 6.30. The number of Topliss-reactive ketones (excluding diaryl/α,β-unsaturated/α-hetero) is 1. The number of likely N-dealkylation sites (tertiary alicyclic amines) is 1. The molecule has 1 aromatic heterocycles. The number of carbonyl (C=O) groups is 11. The minimum Gasteiger partial charge on any atom is -0.508 e. The summed E-state index contributed by atoms with van der Waals surface area (Å²) in [5, 5.41) is 44.5. The number of anilines is 1. The summed E-state index contributed by atoms with van der Waals surface area (Å²) in [6, 6.07) is 15.0. The third-order valence-electron chi connectivity index (χ3n) is 17.1. The van der Waals surface area contributed by atoms with Crippen LogP contribution in [0.2, 0.25) is 5.02 Å². The van der Waals surface area contributed by atoms with Gasteiger partial charge < -0.3 is 79.7 Å². The van der Waals surface area contributed by atoms with Gasteiger partial charge in [-0.25, -0.2) is 0 Å². The van der Waals surface area contributed by atoms with Gasteiger partial charge in [-0.05, 0) is 124 Å². The van der Waals surface area contributed by atoms with E-state index in [0.29, 0.717) is 40.2 Å². The van der Waals surface area contributed by atoms with Gasteiger partial charge in [-0.15, -0.1) is 0 Å². The lowest BCUT2D eigenvalue weighted by atomic mass is 9.70. The van der Waals surface area contributed by atoms with Gasteiger partial charge >= 0.3 is 0 Å². The number of rotatable bonds is 35. The Morgan fingerprint density at radius 3 is 1.93 bits per heavy atom. The normalized spacial score (nSPS) is 16.3. The van der Waals surface area contributed by atoms with Crippen LogP contribution in [0.3, 0.4) is 0 Å². The highest BCUT2D eigenvalue weighted by Gasteiger charge is 2.47. The molecular weight excluding hydrogens is 1280 g/mol. The fourth-order valence-electron chi connectivity index (χ4n) is 11.6. The van der Waals surface area contributed by atoms with Gasteiger partial charge in [-0.2, -0.15) is 0 Å². The van der Waals surface area contributed by atoms with Crippen LogP contribution in [0.5, 0.6) is 5.75 Å². The number of primary amides is 1. The molecule has 11 atom stereocenters. The number of phenolic OH excluding ortho intramolecular Hbond substituents is 1. The number of hydrogen-bond donors (Lipinski definition) is 13. The van der Waals surface area contributed by atoms with Gasteiger partial charge in [0.25, 0.3) is 0 Å². The molecule has 28 heteroatoms. The molecule has 4 aromatic carbocycles. The smallest absolute Gasteiger partial charge is 0.247 e. The Bertz CT molecular complexity index is 3620. The number of nitrogens with zero attached hydrogens (tertiary/aromatic N) is 3. The maximum absolute atomic E-state index is 16.2. The number of hydrogen-bond acceptors (Lipinski definition) is 17. The van der Waals surface area contributed by atoms with Crippen LogP contribution >= 0.6 is 11.6 Å². The van der Waals surface area contributed by atoms with E-state index < -0.39 is 144 Å². The molecule has 1 unspecified atom stereocenters. The fourth-order valence-corrected chi connectivity index (χ4v) is 11.7. The number of benzene rings is 4. The Morgan fingerprint density at radius 2 is 1.30 bits per heavy atom. The van der Waals surface area contributed by atoms with Crippen molar-refractivity contribution >= 4 is 92.9 Å². The van der Waals surface area contributed by atoms with Crippen molar-refractivity contribution in [3.05, 3.63) is 137 Å². The molecule has 27 nitrogen and oxygen atoms in total. The number of carbonyl (C=O) groups excluding carboxylic acids is 11. The first-order chi connectivity index (χ1) is 46.4. The van der Waals surface area contributed by atoms with Crippen molar-refractivity contribution in [1.29, 1.82) is 0 Å². The number of likely N-dealkylation sites (N-methyl/N-ethyl adjacent to an activating group) is 1. The minimum atomic E-state index is -1.81. The van der Waals surface area contributed by atoms with E-state index in [2.05, 4.69) is 47.5 Å². The predicted molar refractivity (Wildman–Crippen MR) is 369 cm³/mol. The van der Waals surface area contributed by atoms with Crippen molar-refractivity contribution in [1.82, 2.24) is 52.0 Å². The Balaban J connectivity index is 1.27. The van der Waals surface area contributed by atoms with Crippen LogP contribution in [-0.4, -0.2) is 183 Å². The van der Waals surface area contributed by atoms with E-state index in [4.69, 9.17) is 28.8 Å². The van der Waals surface area contributed by atoms with Crippen LogP contribution in [-0.2, 0) is 71.0 Å². The van der Waals surface area contributed by atoms with Crippen molar-refractivity contribution < 1.29 is 63.0 Å². The summed E-state index contributed by atoms with van der Waals surface area (Å²) in [5.41, 5.74) is 18.5. The molecule has 2 heterocycles. The quantitative estimate of drug-likeness (QED) is 0.0274. The fraction of sp³-hybridized carbons (Fsp3) is 0.457. The molecule has 6 rings (SSSR count). The zero-order valence-electron chi connectivity index (χ0n) is 56.5. The van der Waals surface area contributed by atoms with Crippen LogP contribution in [0.25, 0.3) is 10.8 Å². The van der Waals surface area contributed by atoms with Crippen LogP contribution in [0.15, 0.2) is 116 Å². The number of nitrogens with two attached hydrogens (primary N) is 3. The molecule has 10 amide bonds. The second-order valence-corrected chi connectivity index (χ2v) is 26.2. The van der Waals surface area contributed by atoms with Gasteiger partial charge in [0, 0.05) is 61.1 Å². The zero-order chi connectivity index (χ0) is 72.1. The summed E-state index contributed by atoms with van der Waals surface area (Å²) in [5.74, 6) is -9.15. The predicted octanol–water partition coefficient (Wildman–Crippen LogP) is 1.66. The molecule has 1 aliphatic heterocycles. The van der Waals surface area contributed by atoms with E-state index in [0.717, 1.165) is 15.7 Å². The number of aliphatic hydroxyl groups excluding tert-OH is 1. The first-order valence-corrected chi connectivity index (χ1v) is 33.1. The van der Waals surface area contributed by atoms with Crippen LogP contribution < -0.4 is 59.7 Å². The molecule has 0 radical (unpaired) electrons. The van der Waals surface area contributed by atoms with Gasteiger partial charge in [0.1, 0.15) is 48.0 Å². The summed E-state index contributed by atoms with van der Waals surface area (Å²) in [6.45, 7) is 10.7. The Morgan fingerprint density at radius 1 is 0.684 bits per heavy atom. The average molecular weight is 1370 g/mol. The van der Waals surface area contributed by atoms with Crippen LogP contribution in [0, 0.1) is 5.92 Å². The number of fused-ring (bicyclic) bond motifs is 1. The summed E-state index contributed by atoms with van der Waals surface area (Å²) in [6.07, 6.45) is 2.25. The average Bonchev–Trinajstić information content (AvgIpc) is 0.918. The number of nitrogens with one attached hydrogen (secondary N) is 8. The second kappa shape index (κ2) is 36.3. The SMILES string of the molecule is CC(C)C[C@H](NC(=O)[C@@H](CC(N)=O)NC(=O)[C@H](Cc1ccc(O)cc1)N(C)C(=O)[C@H](CO)NC(=O)[C@H](C)NC(=O)[C@H](C)N)C(=O)N[C@@H](Cc1ccc(Cl)cc1)C(=O)C(CC[C@H](N)C(=O)N1CCC[C@H]1C(=O)N[C@H](C)C(=O)Nc1cccc2ccccc12)(CNC(C)C)c1cccnc1. The summed E-state index contributed by atoms with van der Waals surface area (Å²) >= 11 is 6.35. The topological polar surface area (TPSA) is 422 Å². The van der Waals surface area contributed by atoms with Gasteiger partial charge in [0.15, 0.2) is 5.78 Å². The number of amides is 10. The molecule has 0 spiro atoms. The van der Waals surface area contributed by atoms with E-state index in [1.54, 1.807) is 63.2 Å². The standard InChI is InChI=1S/C70H93ClN14O13/c1-39(2)32-54(81-65(94)55(35-59(74)88)82-67(96)58(34-45-22-26-49(87)27-23-45)84(8)69(98)56(37-86)83-63(92)42(6)77-61(90)41(5)72)64(93)80-53(33-44-20-24-48(71)25-21-44)60(89)70(38-76-40(3)4,47-16-12-30-75-36-47)29-28-51(73)68(97)85-31-13-19-57(85)66(95)78-43(7)62(91)79-52-18-11-15-46-14-9-10-17-50(46)52/h9-12,14-18,20-27,30,36,39-43,51,53-58,76,86-87H,13,19,28-29,31-35,37-38,72-73H2,1-8H3,(H2,74,88)(H,77,90)(H,78,95)(H,79,91)(H,80,93)(H,81,94)(H,82,96)(H,83,92)/t41-,42-,43+,51-,53-,54-,55+,56-,57-,58-,70?/m0/s1. The first kappa shape index (κ1) is 77.6. The van der Waals surface area contributed by atoms with Crippen LogP contribution in [0.1, 0.15) is 104 Å². The molecule has 528 valence electrons. The van der Waals surface area contributed by atoms with E-state index in [9.17, 15) is 53.4 Å².